The first kappa shape index (κ1) is 29.5. The number of piperazine rings is 1. The Kier molecular flexibility index (Phi) is 8.45. The van der Waals surface area contributed by atoms with Crippen LogP contribution in [0.5, 0.6) is 0 Å². The van der Waals surface area contributed by atoms with Gasteiger partial charge in [-0.3, -0.25) is 9.69 Å². The van der Waals surface area contributed by atoms with Crippen LogP contribution in [0, 0.1) is 11.7 Å². The summed E-state index contributed by atoms with van der Waals surface area (Å²) in [6.45, 7) is 7.86. The molecule has 0 bridgehead atoms. The number of nitrogens with two attached hydrogens (primary N) is 1. The van der Waals surface area contributed by atoms with Gasteiger partial charge in [0.15, 0.2) is 0 Å². The molecule has 216 valence electrons. The minimum atomic E-state index is -4.80. The molecule has 1 unspecified atom stereocenters. The first-order chi connectivity index (χ1) is 18.2. The van der Waals surface area contributed by atoms with Crippen LogP contribution in [0.2, 0.25) is 0 Å². The molecule has 1 aromatic rings. The number of alkyl halides is 3. The van der Waals surface area contributed by atoms with Crippen molar-refractivity contribution in [2.24, 2.45) is 16.6 Å². The highest BCUT2D eigenvalue weighted by Gasteiger charge is 2.42. The zero-order valence-electron chi connectivity index (χ0n) is 23.0. The van der Waals surface area contributed by atoms with E-state index in [1.807, 2.05) is 25.8 Å². The Morgan fingerprint density at radius 2 is 1.87 bits per heavy atom. The molecule has 2 heterocycles. The van der Waals surface area contributed by atoms with E-state index in [4.69, 9.17) is 5.73 Å². The highest BCUT2D eigenvalue weighted by molar-refractivity contribution is 5.84. The molecule has 1 saturated heterocycles. The maximum Gasteiger partial charge on any atom is 0.419 e. The molecule has 1 amide bonds. The summed E-state index contributed by atoms with van der Waals surface area (Å²) in [7, 11) is 1.95. The predicted octanol–water partition coefficient (Wildman–Crippen LogP) is 3.93. The summed E-state index contributed by atoms with van der Waals surface area (Å²) < 4.78 is 53.9. The quantitative estimate of drug-likeness (QED) is 0.500. The van der Waals surface area contributed by atoms with E-state index in [1.54, 1.807) is 11.2 Å². The summed E-state index contributed by atoms with van der Waals surface area (Å²) in [6.07, 6.45) is -1.52. The number of carbonyl (C=O) groups is 1. The van der Waals surface area contributed by atoms with Crippen molar-refractivity contribution in [3.05, 3.63) is 46.4 Å². The fourth-order valence-corrected chi connectivity index (χ4v) is 6.04. The lowest BCUT2D eigenvalue weighted by Crippen LogP contribution is -2.58. The van der Waals surface area contributed by atoms with Crippen LogP contribution in [0.25, 0.3) is 0 Å². The molecule has 39 heavy (non-hydrogen) atoms. The minimum Gasteiger partial charge on any atom is -0.387 e. The molecule has 4 rings (SSSR count). The summed E-state index contributed by atoms with van der Waals surface area (Å²) in [6, 6.07) is 2.79. The van der Waals surface area contributed by atoms with Gasteiger partial charge in [-0.05, 0) is 62.3 Å². The Bertz CT molecular complexity index is 1120. The third-order valence-corrected chi connectivity index (χ3v) is 8.05. The Morgan fingerprint density at radius 3 is 2.46 bits per heavy atom. The van der Waals surface area contributed by atoms with Crippen LogP contribution in [0.1, 0.15) is 63.5 Å². The molecule has 0 radical (unpaired) electrons. The fourth-order valence-electron chi connectivity index (χ4n) is 6.04. The molecule has 11 heteroatoms. The van der Waals surface area contributed by atoms with Crippen LogP contribution in [0.15, 0.2) is 34.5 Å². The van der Waals surface area contributed by atoms with Crippen LogP contribution in [0.3, 0.4) is 0 Å². The zero-order chi connectivity index (χ0) is 28.7. The number of halogens is 4. The van der Waals surface area contributed by atoms with Gasteiger partial charge in [-0.2, -0.15) is 13.2 Å². The van der Waals surface area contributed by atoms with Crippen molar-refractivity contribution in [3.63, 3.8) is 0 Å². The van der Waals surface area contributed by atoms with Gasteiger partial charge in [0.1, 0.15) is 12.0 Å². The van der Waals surface area contributed by atoms with Gasteiger partial charge >= 0.3 is 6.18 Å². The van der Waals surface area contributed by atoms with Crippen molar-refractivity contribution in [2.75, 3.05) is 33.2 Å². The number of aliphatic imine (C=N–C) groups is 1. The van der Waals surface area contributed by atoms with E-state index >= 15 is 0 Å². The number of hydrogen-bond acceptors (Lipinski definition) is 6. The highest BCUT2D eigenvalue weighted by atomic mass is 19.4. The van der Waals surface area contributed by atoms with E-state index in [-0.39, 0.29) is 23.6 Å². The van der Waals surface area contributed by atoms with E-state index < -0.39 is 35.1 Å². The number of amides is 1. The second-order valence-corrected chi connectivity index (χ2v) is 11.8. The second kappa shape index (κ2) is 11.2. The zero-order valence-corrected chi connectivity index (χ0v) is 23.0. The third kappa shape index (κ3) is 6.47. The Balaban J connectivity index is 1.50. The van der Waals surface area contributed by atoms with Crippen molar-refractivity contribution in [1.82, 2.24) is 14.7 Å². The molecule has 1 aromatic carbocycles. The van der Waals surface area contributed by atoms with Crippen LogP contribution >= 0.6 is 0 Å². The lowest BCUT2D eigenvalue weighted by Gasteiger charge is -2.45. The van der Waals surface area contributed by atoms with Gasteiger partial charge in [0, 0.05) is 38.8 Å². The second-order valence-electron chi connectivity index (χ2n) is 11.8. The predicted molar refractivity (Wildman–Crippen MR) is 141 cm³/mol. The molecule has 2 aliphatic heterocycles. The monoisotopic (exact) mass is 553 g/mol. The van der Waals surface area contributed by atoms with Gasteiger partial charge < -0.3 is 20.6 Å². The number of aliphatic hydroxyl groups excluding tert-OH is 1. The first-order valence-electron chi connectivity index (χ1n) is 13.5. The molecule has 3 aliphatic rings. The van der Waals surface area contributed by atoms with E-state index in [9.17, 15) is 27.5 Å². The highest BCUT2D eigenvalue weighted by Crippen LogP contribution is 2.40. The fraction of sp³-hybridized carbons (Fsp3) is 0.643. The molecule has 7 nitrogen and oxygen atoms in total. The number of benzene rings is 1. The first-order valence-corrected chi connectivity index (χ1v) is 13.5. The molecule has 1 aliphatic carbocycles. The van der Waals surface area contributed by atoms with Crippen LogP contribution in [-0.2, 0) is 11.0 Å². The van der Waals surface area contributed by atoms with Gasteiger partial charge in [-0.25, -0.2) is 9.38 Å². The molecule has 0 saturated carbocycles. The number of carbonyl (C=O) groups excluding carboxylic acids is 1. The molecule has 3 N–H and O–H groups in total. The Morgan fingerprint density at radius 1 is 1.21 bits per heavy atom. The normalized spacial score (nSPS) is 25.3. The molecular weight excluding hydrogens is 514 g/mol. The van der Waals surface area contributed by atoms with Crippen molar-refractivity contribution < 1.29 is 27.5 Å². The lowest BCUT2D eigenvalue weighted by molar-refractivity contribution is -0.140. The number of likely N-dealkylation sites (N-methyl/N-ethyl adjacent to an activating group) is 1. The van der Waals surface area contributed by atoms with Crippen molar-refractivity contribution >= 4 is 12.2 Å². The maximum absolute atomic E-state index is 14.5. The maximum atomic E-state index is 14.5. The molecule has 4 atom stereocenters. The van der Waals surface area contributed by atoms with Gasteiger partial charge in [0.05, 0.1) is 29.6 Å². The van der Waals surface area contributed by atoms with Gasteiger partial charge in [0.25, 0.3) is 0 Å². The van der Waals surface area contributed by atoms with Crippen molar-refractivity contribution in [2.45, 2.75) is 76.4 Å². The van der Waals surface area contributed by atoms with E-state index in [0.717, 1.165) is 23.4 Å². The SMILES string of the molecule is C[C@@H]1C[C@H](O)C2=C1C(N1CCN(C(=O)[C@H](CCCC(C)(C)N)c3ccc(C(F)(F)F)c(F)c3)CC1)N(C)C=N2. The number of nitrogens with zero attached hydrogens (tertiary/aromatic N) is 4. The number of rotatable bonds is 7. The number of hydrogen-bond donors (Lipinski definition) is 2. The average molecular weight is 554 g/mol. The Labute approximate surface area is 227 Å². The van der Waals surface area contributed by atoms with E-state index in [1.165, 1.54) is 6.07 Å². The topological polar surface area (TPSA) is 85.4 Å². The van der Waals surface area contributed by atoms with Crippen LogP contribution in [0.4, 0.5) is 17.6 Å². The summed E-state index contributed by atoms with van der Waals surface area (Å²) in [5, 5.41) is 10.4. The van der Waals surface area contributed by atoms with Gasteiger partial charge in [-0.1, -0.05) is 19.4 Å². The third-order valence-electron chi connectivity index (χ3n) is 8.05. The summed E-state index contributed by atoms with van der Waals surface area (Å²) in [5.41, 5.74) is 6.39. The summed E-state index contributed by atoms with van der Waals surface area (Å²) in [4.78, 5) is 24.2. The van der Waals surface area contributed by atoms with E-state index in [2.05, 4.69) is 16.8 Å². The average Bonchev–Trinajstić information content (AvgIpc) is 3.13. The lowest BCUT2D eigenvalue weighted by atomic mass is 9.88. The molecule has 0 spiro atoms. The number of aliphatic hydroxyl groups is 1. The van der Waals surface area contributed by atoms with Crippen molar-refractivity contribution in [1.29, 1.82) is 0 Å². The van der Waals surface area contributed by atoms with Crippen LogP contribution < -0.4 is 5.73 Å². The largest absolute Gasteiger partial charge is 0.419 e. The molecule has 0 aromatic heterocycles. The minimum absolute atomic E-state index is 0.0616. The molecular formula is C28H39F4N5O2. The van der Waals surface area contributed by atoms with Crippen LogP contribution in [-0.4, -0.2) is 83.1 Å². The summed E-state index contributed by atoms with van der Waals surface area (Å²) >= 11 is 0. The standard InChI is InChI=1S/C28H39F4N5O2/c1-17-14-22(38)24-23(17)25(35(4)16-34-24)36-10-12-37(13-11-36)26(39)19(6-5-9-27(2,3)33)18-7-8-20(21(29)15-18)28(30,31)32/h7-8,15-17,19,22,25,38H,5-6,9-14,33H2,1-4H3/t17-,19-,22+,25?/m1/s1. The smallest absolute Gasteiger partial charge is 0.387 e. The van der Waals surface area contributed by atoms with Crippen molar-refractivity contribution in [3.8, 4) is 0 Å². The Hall–Kier alpha value is -2.50. The summed E-state index contributed by atoms with van der Waals surface area (Å²) in [5.74, 6) is -2.17. The van der Waals surface area contributed by atoms with E-state index in [0.29, 0.717) is 51.9 Å². The van der Waals surface area contributed by atoms with Gasteiger partial charge in [0.2, 0.25) is 5.91 Å². The molecule has 1 fully saturated rings. The van der Waals surface area contributed by atoms with Gasteiger partial charge in [-0.15, -0.1) is 0 Å².